The van der Waals surface area contributed by atoms with Crippen molar-refractivity contribution >= 4 is 29.3 Å². The quantitative estimate of drug-likeness (QED) is 0.780. The van der Waals surface area contributed by atoms with E-state index < -0.39 is 5.91 Å². The molecule has 138 valence electrons. The van der Waals surface area contributed by atoms with Crippen molar-refractivity contribution in [1.29, 1.82) is 0 Å². The fourth-order valence-electron chi connectivity index (χ4n) is 3.83. The van der Waals surface area contributed by atoms with Gasteiger partial charge in [-0.2, -0.15) is 0 Å². The number of fused-ring (bicyclic) bond motifs is 1. The maximum Gasteiger partial charge on any atom is 0.248 e. The molecule has 2 fully saturated rings. The number of aryl methyl sites for hydroxylation is 1. The molecular weight excluding hydrogens is 334 g/mol. The van der Waals surface area contributed by atoms with Crippen LogP contribution in [0.1, 0.15) is 48.0 Å². The molecule has 0 aromatic heterocycles. The fourth-order valence-corrected chi connectivity index (χ4v) is 3.83. The number of carbonyl (C=O) groups is 4. The van der Waals surface area contributed by atoms with E-state index in [0.29, 0.717) is 16.8 Å². The van der Waals surface area contributed by atoms with Crippen molar-refractivity contribution in [2.75, 3.05) is 11.9 Å². The third-order valence-corrected chi connectivity index (χ3v) is 5.28. The highest BCUT2D eigenvalue weighted by molar-refractivity contribution is 6.05. The number of amides is 4. The summed E-state index contributed by atoms with van der Waals surface area (Å²) in [5, 5.41) is 2.75. The molecule has 1 aliphatic heterocycles. The molecule has 1 aromatic rings. The molecule has 1 heterocycles. The Morgan fingerprint density at radius 1 is 1.15 bits per heavy atom. The summed E-state index contributed by atoms with van der Waals surface area (Å²) in [7, 11) is 0. The van der Waals surface area contributed by atoms with E-state index in [1.807, 2.05) is 0 Å². The molecule has 4 amide bonds. The highest BCUT2D eigenvalue weighted by atomic mass is 16.2. The van der Waals surface area contributed by atoms with Crippen LogP contribution in [0, 0.1) is 18.8 Å². The number of hydrogen-bond acceptors (Lipinski definition) is 4. The second-order valence-electron chi connectivity index (χ2n) is 7.02. The van der Waals surface area contributed by atoms with Crippen LogP contribution < -0.4 is 11.1 Å². The Morgan fingerprint density at radius 2 is 1.77 bits per heavy atom. The Morgan fingerprint density at radius 3 is 2.31 bits per heavy atom. The summed E-state index contributed by atoms with van der Waals surface area (Å²) in [6.45, 7) is 1.87. The van der Waals surface area contributed by atoms with Crippen molar-refractivity contribution in [3.05, 3.63) is 29.3 Å². The van der Waals surface area contributed by atoms with Crippen LogP contribution in [0.25, 0.3) is 0 Å². The topological polar surface area (TPSA) is 110 Å². The standard InChI is InChI=1S/C19H23N3O4/c1-11-10-12(17(20)24)6-7-15(11)21-16(23)8-9-22-18(25)13-4-2-3-5-14(13)19(22)26/h6-7,10,13-14H,2-5,8-9H2,1H3,(H2,20,24)(H,21,23). The largest absolute Gasteiger partial charge is 0.366 e. The van der Waals surface area contributed by atoms with Gasteiger partial charge in [0.2, 0.25) is 23.6 Å². The number of benzene rings is 1. The average Bonchev–Trinajstić information content (AvgIpc) is 2.86. The van der Waals surface area contributed by atoms with Crippen molar-refractivity contribution in [2.45, 2.75) is 39.0 Å². The number of anilines is 1. The van der Waals surface area contributed by atoms with Gasteiger partial charge in [0.05, 0.1) is 11.8 Å². The minimum absolute atomic E-state index is 0.0495. The summed E-state index contributed by atoms with van der Waals surface area (Å²) in [4.78, 5) is 49.5. The monoisotopic (exact) mass is 357 g/mol. The van der Waals surface area contributed by atoms with Gasteiger partial charge in [-0.3, -0.25) is 24.1 Å². The van der Waals surface area contributed by atoms with Crippen LogP contribution in [0.15, 0.2) is 18.2 Å². The van der Waals surface area contributed by atoms with Gasteiger partial charge in [-0.1, -0.05) is 12.8 Å². The molecule has 3 N–H and O–H groups in total. The van der Waals surface area contributed by atoms with E-state index in [0.717, 1.165) is 25.7 Å². The fraction of sp³-hybridized carbons (Fsp3) is 0.474. The number of imide groups is 1. The van der Waals surface area contributed by atoms with Gasteiger partial charge in [0.15, 0.2) is 0 Å². The number of likely N-dealkylation sites (tertiary alicyclic amines) is 1. The number of nitrogens with zero attached hydrogens (tertiary/aromatic N) is 1. The molecule has 1 aliphatic carbocycles. The number of nitrogens with two attached hydrogens (primary N) is 1. The zero-order valence-corrected chi connectivity index (χ0v) is 14.8. The maximum atomic E-state index is 12.4. The Bertz CT molecular complexity index is 750. The number of carbonyl (C=O) groups excluding carboxylic acids is 4. The van der Waals surface area contributed by atoms with Crippen molar-refractivity contribution in [1.82, 2.24) is 4.90 Å². The lowest BCUT2D eigenvalue weighted by Gasteiger charge is -2.19. The first-order chi connectivity index (χ1) is 12.4. The van der Waals surface area contributed by atoms with E-state index in [4.69, 9.17) is 5.73 Å². The Labute approximate surface area is 151 Å². The first-order valence-electron chi connectivity index (χ1n) is 8.94. The molecule has 2 atom stereocenters. The molecule has 0 spiro atoms. The van der Waals surface area contributed by atoms with Crippen LogP contribution in [0.3, 0.4) is 0 Å². The smallest absolute Gasteiger partial charge is 0.248 e. The summed E-state index contributed by atoms with van der Waals surface area (Å²) >= 11 is 0. The van der Waals surface area contributed by atoms with Gasteiger partial charge >= 0.3 is 0 Å². The molecule has 0 bridgehead atoms. The Balaban J connectivity index is 1.58. The zero-order chi connectivity index (χ0) is 18.8. The van der Waals surface area contributed by atoms with E-state index in [1.54, 1.807) is 25.1 Å². The van der Waals surface area contributed by atoms with Crippen LogP contribution in [-0.4, -0.2) is 35.1 Å². The van der Waals surface area contributed by atoms with Crippen LogP contribution in [0.4, 0.5) is 5.69 Å². The number of hydrogen-bond donors (Lipinski definition) is 2. The number of primary amides is 1. The highest BCUT2D eigenvalue weighted by Gasteiger charge is 2.47. The predicted molar refractivity (Wildman–Crippen MR) is 95.1 cm³/mol. The third-order valence-electron chi connectivity index (χ3n) is 5.28. The van der Waals surface area contributed by atoms with E-state index in [2.05, 4.69) is 5.32 Å². The van der Waals surface area contributed by atoms with Crippen molar-refractivity contribution < 1.29 is 19.2 Å². The SMILES string of the molecule is Cc1cc(C(N)=O)ccc1NC(=O)CCN1C(=O)C2CCCCC2C1=O. The van der Waals surface area contributed by atoms with Gasteiger partial charge in [-0.05, 0) is 43.5 Å². The van der Waals surface area contributed by atoms with Gasteiger partial charge in [-0.25, -0.2) is 0 Å². The Hall–Kier alpha value is -2.70. The van der Waals surface area contributed by atoms with Gasteiger partial charge in [-0.15, -0.1) is 0 Å². The maximum absolute atomic E-state index is 12.4. The Kier molecular flexibility index (Phi) is 5.06. The molecule has 26 heavy (non-hydrogen) atoms. The normalized spacial score (nSPS) is 22.3. The molecule has 2 aliphatic rings. The van der Waals surface area contributed by atoms with E-state index in [1.165, 1.54) is 4.90 Å². The van der Waals surface area contributed by atoms with E-state index in [9.17, 15) is 19.2 Å². The van der Waals surface area contributed by atoms with E-state index >= 15 is 0 Å². The summed E-state index contributed by atoms with van der Waals surface area (Å²) in [6.07, 6.45) is 3.55. The van der Waals surface area contributed by atoms with Gasteiger partial charge in [0.25, 0.3) is 0 Å². The van der Waals surface area contributed by atoms with Crippen molar-refractivity contribution in [3.8, 4) is 0 Å². The second-order valence-corrected chi connectivity index (χ2v) is 7.02. The molecule has 7 nitrogen and oxygen atoms in total. The summed E-state index contributed by atoms with van der Waals surface area (Å²) in [5.74, 6) is -1.45. The predicted octanol–water partition coefficient (Wildman–Crippen LogP) is 1.60. The summed E-state index contributed by atoms with van der Waals surface area (Å²) < 4.78 is 0. The van der Waals surface area contributed by atoms with Gasteiger partial charge in [0.1, 0.15) is 0 Å². The second kappa shape index (κ2) is 7.27. The minimum atomic E-state index is -0.529. The highest BCUT2D eigenvalue weighted by Crippen LogP contribution is 2.37. The number of nitrogens with one attached hydrogen (secondary N) is 1. The molecule has 2 unspecified atom stereocenters. The van der Waals surface area contributed by atoms with E-state index in [-0.39, 0.29) is 42.5 Å². The molecule has 7 heteroatoms. The van der Waals surface area contributed by atoms with Crippen LogP contribution in [0.2, 0.25) is 0 Å². The molecule has 1 saturated heterocycles. The van der Waals surface area contributed by atoms with Crippen molar-refractivity contribution in [3.63, 3.8) is 0 Å². The summed E-state index contributed by atoms with van der Waals surface area (Å²) in [5.41, 5.74) is 6.90. The lowest BCUT2D eigenvalue weighted by Crippen LogP contribution is -2.34. The molecule has 1 saturated carbocycles. The number of rotatable bonds is 5. The molecule has 1 aromatic carbocycles. The third kappa shape index (κ3) is 3.47. The van der Waals surface area contributed by atoms with Crippen LogP contribution in [0.5, 0.6) is 0 Å². The molecular formula is C19H23N3O4. The first kappa shape index (κ1) is 18.1. The zero-order valence-electron chi connectivity index (χ0n) is 14.8. The van der Waals surface area contributed by atoms with Gasteiger partial charge in [0, 0.05) is 24.2 Å². The van der Waals surface area contributed by atoms with Crippen LogP contribution in [-0.2, 0) is 14.4 Å². The first-order valence-corrected chi connectivity index (χ1v) is 8.94. The lowest BCUT2D eigenvalue weighted by molar-refractivity contribution is -0.140. The minimum Gasteiger partial charge on any atom is -0.366 e. The van der Waals surface area contributed by atoms with Crippen LogP contribution >= 0.6 is 0 Å². The molecule has 0 radical (unpaired) electrons. The van der Waals surface area contributed by atoms with Gasteiger partial charge < -0.3 is 11.1 Å². The lowest BCUT2D eigenvalue weighted by atomic mass is 9.81. The summed E-state index contributed by atoms with van der Waals surface area (Å²) in [6, 6.07) is 4.77. The molecule has 3 rings (SSSR count). The average molecular weight is 357 g/mol. The van der Waals surface area contributed by atoms with Crippen molar-refractivity contribution in [2.24, 2.45) is 17.6 Å².